The molecule has 0 heterocycles. The van der Waals surface area contributed by atoms with Crippen molar-refractivity contribution in [2.45, 2.75) is 51.4 Å². The fraction of sp³-hybridized carbons (Fsp3) is 0.458. The molecule has 0 saturated heterocycles. The molecule has 0 fully saturated rings. The van der Waals surface area contributed by atoms with Crippen LogP contribution in [0.2, 0.25) is 0 Å². The van der Waals surface area contributed by atoms with Gasteiger partial charge in [-0.15, -0.1) is 0 Å². The molecular formula is C24H32O3S. The highest BCUT2D eigenvalue weighted by Gasteiger charge is 2.09. The van der Waals surface area contributed by atoms with Crippen LogP contribution in [0.25, 0.3) is 0 Å². The van der Waals surface area contributed by atoms with Crippen LogP contribution < -0.4 is 9.47 Å². The van der Waals surface area contributed by atoms with E-state index < -0.39 is 0 Å². The topological polar surface area (TPSA) is 35.5 Å². The highest BCUT2D eigenvalue weighted by atomic mass is 32.1. The minimum atomic E-state index is 0.00331. The van der Waals surface area contributed by atoms with Crippen molar-refractivity contribution in [3.63, 3.8) is 0 Å². The molecule has 0 aliphatic heterocycles. The summed E-state index contributed by atoms with van der Waals surface area (Å²) < 4.78 is 10.9. The van der Waals surface area contributed by atoms with Crippen LogP contribution in [-0.4, -0.2) is 25.3 Å². The second-order valence-corrected chi connectivity index (χ2v) is 7.43. The summed E-state index contributed by atoms with van der Waals surface area (Å²) >= 11 is 4.24. The molecule has 0 radical (unpaired) electrons. The molecule has 0 aliphatic rings. The van der Waals surface area contributed by atoms with Gasteiger partial charge in [0.2, 0.25) is 0 Å². The molecule has 0 amide bonds. The van der Waals surface area contributed by atoms with Gasteiger partial charge in [0.1, 0.15) is 11.5 Å². The first-order chi connectivity index (χ1) is 13.7. The summed E-state index contributed by atoms with van der Waals surface area (Å²) in [7, 11) is 1.61. The minimum Gasteiger partial charge on any atom is -0.497 e. The van der Waals surface area contributed by atoms with Gasteiger partial charge in [-0.3, -0.25) is 4.79 Å². The van der Waals surface area contributed by atoms with E-state index in [1.165, 1.54) is 44.9 Å². The molecule has 0 bridgehead atoms. The molecule has 0 aromatic heterocycles. The summed E-state index contributed by atoms with van der Waals surface area (Å²) in [6, 6.07) is 14.6. The number of carbonyl (C=O) groups excluding carboxylic acids is 1. The first-order valence-corrected chi connectivity index (χ1v) is 10.9. The van der Waals surface area contributed by atoms with Crippen LogP contribution in [0.15, 0.2) is 48.5 Å². The lowest BCUT2D eigenvalue weighted by molar-refractivity contribution is 0.103. The Bertz CT molecular complexity index is 680. The molecule has 3 nitrogen and oxygen atoms in total. The lowest BCUT2D eigenvalue weighted by Gasteiger charge is -2.08. The lowest BCUT2D eigenvalue weighted by atomic mass is 10.0. The highest BCUT2D eigenvalue weighted by molar-refractivity contribution is 7.80. The largest absolute Gasteiger partial charge is 0.497 e. The molecule has 0 saturated carbocycles. The average molecular weight is 401 g/mol. The predicted molar refractivity (Wildman–Crippen MR) is 119 cm³/mol. The maximum absolute atomic E-state index is 12.5. The van der Waals surface area contributed by atoms with Gasteiger partial charge < -0.3 is 9.47 Å². The number of benzene rings is 2. The van der Waals surface area contributed by atoms with E-state index in [-0.39, 0.29) is 5.78 Å². The molecule has 0 unspecified atom stereocenters. The van der Waals surface area contributed by atoms with Gasteiger partial charge in [-0.1, -0.05) is 38.5 Å². The molecule has 152 valence electrons. The standard InChI is InChI=1S/C24H32O3S/c1-26-22-14-10-20(11-15-22)24(25)21-12-16-23(17-13-21)27-18-8-6-4-2-3-5-7-9-19-28/h10-17,28H,2-9,18-19H2,1H3. The smallest absolute Gasteiger partial charge is 0.193 e. The summed E-state index contributed by atoms with van der Waals surface area (Å²) in [6.45, 7) is 0.728. The van der Waals surface area contributed by atoms with Crippen molar-refractivity contribution in [2.75, 3.05) is 19.5 Å². The summed E-state index contributed by atoms with van der Waals surface area (Å²) in [6.07, 6.45) is 10.1. The van der Waals surface area contributed by atoms with E-state index in [0.29, 0.717) is 11.1 Å². The van der Waals surface area contributed by atoms with Crippen LogP contribution in [0.4, 0.5) is 0 Å². The zero-order chi connectivity index (χ0) is 20.0. The van der Waals surface area contributed by atoms with Crippen molar-refractivity contribution in [1.82, 2.24) is 0 Å². The van der Waals surface area contributed by atoms with Crippen LogP contribution in [-0.2, 0) is 0 Å². The zero-order valence-corrected chi connectivity index (χ0v) is 17.8. The van der Waals surface area contributed by atoms with Crippen molar-refractivity contribution >= 4 is 18.4 Å². The molecular weight excluding hydrogens is 368 g/mol. The Morgan fingerprint density at radius 1 is 0.714 bits per heavy atom. The quantitative estimate of drug-likeness (QED) is 0.228. The lowest BCUT2D eigenvalue weighted by Crippen LogP contribution is -2.02. The number of methoxy groups -OCH3 is 1. The van der Waals surface area contributed by atoms with Gasteiger partial charge in [0, 0.05) is 11.1 Å². The van der Waals surface area contributed by atoms with Gasteiger partial charge >= 0.3 is 0 Å². The third kappa shape index (κ3) is 7.97. The van der Waals surface area contributed by atoms with E-state index in [9.17, 15) is 4.79 Å². The van der Waals surface area contributed by atoms with Gasteiger partial charge in [0.05, 0.1) is 13.7 Å². The number of hydrogen-bond acceptors (Lipinski definition) is 4. The van der Waals surface area contributed by atoms with E-state index in [4.69, 9.17) is 9.47 Å². The Kier molecular flexibility index (Phi) is 10.6. The first kappa shape index (κ1) is 22.4. The summed E-state index contributed by atoms with van der Waals surface area (Å²) in [5, 5.41) is 0. The van der Waals surface area contributed by atoms with Gasteiger partial charge in [0.15, 0.2) is 5.78 Å². The third-order valence-electron chi connectivity index (χ3n) is 4.79. The molecule has 0 atom stereocenters. The second-order valence-electron chi connectivity index (χ2n) is 6.98. The first-order valence-electron chi connectivity index (χ1n) is 10.3. The number of thiol groups is 1. The fourth-order valence-corrected chi connectivity index (χ4v) is 3.30. The van der Waals surface area contributed by atoms with E-state index >= 15 is 0 Å². The van der Waals surface area contributed by atoms with Crippen molar-refractivity contribution < 1.29 is 14.3 Å². The SMILES string of the molecule is COc1ccc(C(=O)c2ccc(OCCCCCCCCCCS)cc2)cc1. The molecule has 2 rings (SSSR count). The number of carbonyl (C=O) groups is 1. The summed E-state index contributed by atoms with van der Waals surface area (Å²) in [5.74, 6) is 2.57. The van der Waals surface area contributed by atoms with Gasteiger partial charge in [-0.2, -0.15) is 12.6 Å². The van der Waals surface area contributed by atoms with Gasteiger partial charge in [-0.25, -0.2) is 0 Å². The maximum Gasteiger partial charge on any atom is 0.193 e. The zero-order valence-electron chi connectivity index (χ0n) is 16.9. The van der Waals surface area contributed by atoms with Gasteiger partial charge in [-0.05, 0) is 67.1 Å². The fourth-order valence-electron chi connectivity index (χ4n) is 3.08. The molecule has 0 spiro atoms. The minimum absolute atomic E-state index is 0.00331. The third-order valence-corrected chi connectivity index (χ3v) is 5.11. The number of unbranched alkanes of at least 4 members (excludes halogenated alkanes) is 7. The highest BCUT2D eigenvalue weighted by Crippen LogP contribution is 2.18. The average Bonchev–Trinajstić information content (AvgIpc) is 2.75. The molecule has 4 heteroatoms. The summed E-state index contributed by atoms with van der Waals surface area (Å²) in [4.78, 5) is 12.5. The number of ether oxygens (including phenoxy) is 2. The van der Waals surface area contributed by atoms with E-state index in [1.54, 1.807) is 31.4 Å². The number of hydrogen-bond donors (Lipinski definition) is 1. The van der Waals surface area contributed by atoms with E-state index in [1.807, 2.05) is 24.3 Å². The molecule has 0 N–H and O–H groups in total. The Labute approximate surface area is 174 Å². The molecule has 28 heavy (non-hydrogen) atoms. The van der Waals surface area contributed by atoms with Crippen LogP contribution in [0.5, 0.6) is 11.5 Å². The normalized spacial score (nSPS) is 10.6. The maximum atomic E-state index is 12.5. The van der Waals surface area contributed by atoms with Gasteiger partial charge in [0.25, 0.3) is 0 Å². The Morgan fingerprint density at radius 3 is 1.68 bits per heavy atom. The van der Waals surface area contributed by atoms with E-state index in [0.717, 1.165) is 30.3 Å². The monoisotopic (exact) mass is 400 g/mol. The Hall–Kier alpha value is -1.94. The summed E-state index contributed by atoms with van der Waals surface area (Å²) in [5.41, 5.74) is 1.32. The van der Waals surface area contributed by atoms with Crippen LogP contribution in [0.3, 0.4) is 0 Å². The Morgan fingerprint density at radius 2 is 1.18 bits per heavy atom. The van der Waals surface area contributed by atoms with Crippen molar-refractivity contribution in [1.29, 1.82) is 0 Å². The molecule has 2 aromatic carbocycles. The Balaban J connectivity index is 1.65. The van der Waals surface area contributed by atoms with Crippen molar-refractivity contribution in [3.05, 3.63) is 59.7 Å². The van der Waals surface area contributed by atoms with Crippen molar-refractivity contribution in [2.24, 2.45) is 0 Å². The van der Waals surface area contributed by atoms with Crippen LogP contribution in [0.1, 0.15) is 67.3 Å². The number of rotatable bonds is 14. The molecule has 2 aromatic rings. The van der Waals surface area contributed by atoms with Crippen LogP contribution in [0, 0.1) is 0 Å². The predicted octanol–water partition coefficient (Wildman–Crippen LogP) is 6.36. The van der Waals surface area contributed by atoms with Crippen LogP contribution >= 0.6 is 12.6 Å². The molecule has 0 aliphatic carbocycles. The second kappa shape index (κ2) is 13.3. The van der Waals surface area contributed by atoms with E-state index in [2.05, 4.69) is 12.6 Å². The number of ketones is 1. The van der Waals surface area contributed by atoms with Crippen molar-refractivity contribution in [3.8, 4) is 11.5 Å².